The van der Waals surface area contributed by atoms with Gasteiger partial charge < -0.3 is 19.5 Å². The van der Waals surface area contributed by atoms with Gasteiger partial charge in [-0.3, -0.25) is 9.59 Å². The molecule has 0 saturated carbocycles. The summed E-state index contributed by atoms with van der Waals surface area (Å²) in [7, 11) is 1.54. The van der Waals surface area contributed by atoms with Gasteiger partial charge in [0.1, 0.15) is 11.5 Å². The maximum atomic E-state index is 13.0. The molecule has 1 aliphatic rings. The van der Waals surface area contributed by atoms with Crippen molar-refractivity contribution in [2.45, 2.75) is 26.8 Å². The number of carbonyl (C=O) groups excluding carboxylic acids is 2. The van der Waals surface area contributed by atoms with Gasteiger partial charge in [-0.2, -0.15) is 0 Å². The Labute approximate surface area is 183 Å². The molecular formula is C25H29NO5. The van der Waals surface area contributed by atoms with Crippen molar-refractivity contribution >= 4 is 17.4 Å². The molecule has 1 atom stereocenters. The molecule has 0 aliphatic carbocycles. The number of ketones is 1. The van der Waals surface area contributed by atoms with Gasteiger partial charge in [-0.15, -0.1) is 0 Å². The summed E-state index contributed by atoms with van der Waals surface area (Å²) in [5.41, 5.74) is 2.11. The number of carbonyl (C=O) groups is 2. The smallest absolute Gasteiger partial charge is 0.295 e. The van der Waals surface area contributed by atoms with Crippen LogP contribution in [0.2, 0.25) is 0 Å². The Hall–Kier alpha value is -3.12. The van der Waals surface area contributed by atoms with Crippen molar-refractivity contribution in [1.29, 1.82) is 0 Å². The second kappa shape index (κ2) is 9.79. The number of ether oxygens (including phenoxy) is 2. The van der Waals surface area contributed by atoms with Gasteiger partial charge in [0.05, 0.1) is 24.8 Å². The lowest BCUT2D eigenvalue weighted by molar-refractivity contribution is -0.140. The van der Waals surface area contributed by atoms with Crippen LogP contribution < -0.4 is 4.74 Å². The summed E-state index contributed by atoms with van der Waals surface area (Å²) < 4.78 is 10.9. The van der Waals surface area contributed by atoms with Crippen molar-refractivity contribution in [3.63, 3.8) is 0 Å². The molecule has 3 rings (SSSR count). The number of methoxy groups -OCH3 is 1. The summed E-state index contributed by atoms with van der Waals surface area (Å²) in [6.45, 7) is 7.10. The van der Waals surface area contributed by atoms with Crippen molar-refractivity contribution in [2.75, 3.05) is 26.9 Å². The number of aliphatic hydroxyl groups is 1. The lowest BCUT2D eigenvalue weighted by Crippen LogP contribution is -2.32. The minimum Gasteiger partial charge on any atom is -0.507 e. The molecular weight excluding hydrogens is 394 g/mol. The Morgan fingerprint density at radius 2 is 1.84 bits per heavy atom. The van der Waals surface area contributed by atoms with E-state index in [4.69, 9.17) is 9.47 Å². The fourth-order valence-electron chi connectivity index (χ4n) is 3.68. The van der Waals surface area contributed by atoms with E-state index in [9.17, 15) is 14.7 Å². The first-order chi connectivity index (χ1) is 14.8. The van der Waals surface area contributed by atoms with E-state index in [2.05, 4.69) is 13.8 Å². The van der Waals surface area contributed by atoms with Crippen LogP contribution >= 0.6 is 0 Å². The summed E-state index contributed by atoms with van der Waals surface area (Å²) in [6, 6.07) is 13.9. The van der Waals surface area contributed by atoms with Gasteiger partial charge in [-0.05, 0) is 42.2 Å². The van der Waals surface area contributed by atoms with Crippen molar-refractivity contribution in [1.82, 2.24) is 4.90 Å². The van der Waals surface area contributed by atoms with Gasteiger partial charge in [0, 0.05) is 19.2 Å². The lowest BCUT2D eigenvalue weighted by Gasteiger charge is -2.25. The van der Waals surface area contributed by atoms with Gasteiger partial charge in [0.25, 0.3) is 11.7 Å². The predicted molar refractivity (Wildman–Crippen MR) is 119 cm³/mol. The molecule has 31 heavy (non-hydrogen) atoms. The largest absolute Gasteiger partial charge is 0.507 e. The third-order valence-electron chi connectivity index (χ3n) is 5.23. The molecule has 1 amide bonds. The second-order valence-electron chi connectivity index (χ2n) is 8.08. The molecule has 6 nitrogen and oxygen atoms in total. The van der Waals surface area contributed by atoms with E-state index in [1.54, 1.807) is 19.2 Å². The number of rotatable bonds is 8. The lowest BCUT2D eigenvalue weighted by atomic mass is 9.94. The molecule has 1 N–H and O–H groups in total. The molecule has 1 heterocycles. The minimum atomic E-state index is -0.693. The monoisotopic (exact) mass is 423 g/mol. The average Bonchev–Trinajstić information content (AvgIpc) is 3.01. The number of aryl methyl sites for hydroxylation is 1. The first-order valence-corrected chi connectivity index (χ1v) is 10.4. The van der Waals surface area contributed by atoms with E-state index >= 15 is 0 Å². The maximum Gasteiger partial charge on any atom is 0.295 e. The Morgan fingerprint density at radius 3 is 2.45 bits per heavy atom. The molecule has 2 aromatic rings. The van der Waals surface area contributed by atoms with Gasteiger partial charge in [0.15, 0.2) is 0 Å². The highest BCUT2D eigenvalue weighted by atomic mass is 16.5. The zero-order valence-electron chi connectivity index (χ0n) is 18.4. The Balaban J connectivity index is 2.06. The van der Waals surface area contributed by atoms with Crippen molar-refractivity contribution in [3.8, 4) is 5.75 Å². The van der Waals surface area contributed by atoms with E-state index < -0.39 is 17.7 Å². The van der Waals surface area contributed by atoms with Crippen LogP contribution in [0, 0.1) is 12.8 Å². The zero-order valence-corrected chi connectivity index (χ0v) is 18.4. The highest BCUT2D eigenvalue weighted by molar-refractivity contribution is 6.46. The first kappa shape index (κ1) is 22.6. The SMILES string of the molecule is COCCN1C(=O)C(=O)/C(=C(/O)c2ccc(OCC(C)C)cc2C)C1c1ccccc1. The molecule has 6 heteroatoms. The first-order valence-electron chi connectivity index (χ1n) is 10.4. The molecule has 164 valence electrons. The molecule has 1 unspecified atom stereocenters. The minimum absolute atomic E-state index is 0.0891. The summed E-state index contributed by atoms with van der Waals surface area (Å²) in [4.78, 5) is 27.2. The number of aliphatic hydroxyl groups excluding tert-OH is 1. The van der Waals surface area contributed by atoms with E-state index in [1.165, 1.54) is 4.90 Å². The standard InChI is InChI=1S/C25H29NO5/c1-16(2)15-31-19-10-11-20(17(3)14-19)23(27)21-22(18-8-6-5-7-9-18)26(12-13-30-4)25(29)24(21)28/h5-11,14,16,22,27H,12-13,15H2,1-4H3/b23-21+. The molecule has 1 saturated heterocycles. The van der Waals surface area contributed by atoms with Crippen LogP contribution in [0.5, 0.6) is 5.75 Å². The summed E-state index contributed by atoms with van der Waals surface area (Å²) >= 11 is 0. The summed E-state index contributed by atoms with van der Waals surface area (Å²) in [5, 5.41) is 11.2. The van der Waals surface area contributed by atoms with E-state index in [0.29, 0.717) is 23.8 Å². The molecule has 0 spiro atoms. The second-order valence-corrected chi connectivity index (χ2v) is 8.08. The number of hydrogen-bond donors (Lipinski definition) is 1. The van der Waals surface area contributed by atoms with Crippen LogP contribution in [-0.2, 0) is 14.3 Å². The van der Waals surface area contributed by atoms with Crippen LogP contribution in [0.1, 0.15) is 36.6 Å². The third-order valence-corrected chi connectivity index (χ3v) is 5.23. The maximum absolute atomic E-state index is 13.0. The Bertz CT molecular complexity index is 981. The van der Waals surface area contributed by atoms with Gasteiger partial charge in [-0.25, -0.2) is 0 Å². The topological polar surface area (TPSA) is 76.1 Å². The quantitative estimate of drug-likeness (QED) is 0.393. The average molecular weight is 424 g/mol. The number of hydrogen-bond acceptors (Lipinski definition) is 5. The van der Waals surface area contributed by atoms with Crippen LogP contribution in [0.3, 0.4) is 0 Å². The van der Waals surface area contributed by atoms with Crippen molar-refractivity contribution in [2.24, 2.45) is 5.92 Å². The Morgan fingerprint density at radius 1 is 1.13 bits per heavy atom. The fraction of sp³-hybridized carbons (Fsp3) is 0.360. The van der Waals surface area contributed by atoms with Crippen LogP contribution in [0.25, 0.3) is 5.76 Å². The fourth-order valence-corrected chi connectivity index (χ4v) is 3.68. The highest BCUT2D eigenvalue weighted by Crippen LogP contribution is 2.39. The van der Waals surface area contributed by atoms with Gasteiger partial charge in [0.2, 0.25) is 0 Å². The third kappa shape index (κ3) is 4.80. The van der Waals surface area contributed by atoms with Crippen LogP contribution in [-0.4, -0.2) is 48.6 Å². The summed E-state index contributed by atoms with van der Waals surface area (Å²) in [6.07, 6.45) is 0. The highest BCUT2D eigenvalue weighted by Gasteiger charge is 2.45. The predicted octanol–water partition coefficient (Wildman–Crippen LogP) is 4.10. The number of nitrogens with zero attached hydrogens (tertiary/aromatic N) is 1. The molecule has 2 aromatic carbocycles. The number of likely N-dealkylation sites (tertiary alicyclic amines) is 1. The van der Waals surface area contributed by atoms with Crippen molar-refractivity contribution < 1.29 is 24.2 Å². The molecule has 1 fully saturated rings. The molecule has 1 aliphatic heterocycles. The van der Waals surface area contributed by atoms with E-state index in [0.717, 1.165) is 11.1 Å². The van der Waals surface area contributed by atoms with Crippen LogP contribution in [0.15, 0.2) is 54.1 Å². The van der Waals surface area contributed by atoms with E-state index in [1.807, 2.05) is 43.3 Å². The van der Waals surface area contributed by atoms with Crippen LogP contribution in [0.4, 0.5) is 0 Å². The van der Waals surface area contributed by atoms with Crippen molar-refractivity contribution in [3.05, 3.63) is 70.8 Å². The van der Waals surface area contributed by atoms with Gasteiger partial charge in [-0.1, -0.05) is 44.2 Å². The number of amides is 1. The normalized spacial score (nSPS) is 18.1. The summed E-state index contributed by atoms with van der Waals surface area (Å²) in [5.74, 6) is -0.422. The Kier molecular flexibility index (Phi) is 7.13. The molecule has 0 aromatic heterocycles. The van der Waals surface area contributed by atoms with E-state index in [-0.39, 0.29) is 24.5 Å². The zero-order chi connectivity index (χ0) is 22.5. The molecule has 0 radical (unpaired) electrons. The number of Topliss-reactive ketones (excluding diaryl/α,β-unsaturated/α-hetero) is 1. The molecule has 0 bridgehead atoms. The van der Waals surface area contributed by atoms with Gasteiger partial charge >= 0.3 is 0 Å². The number of benzene rings is 2.